The number of nitrogens with zero attached hydrogens (tertiary/aromatic N) is 1. The van der Waals surface area contributed by atoms with Crippen LogP contribution < -0.4 is 11.1 Å². The van der Waals surface area contributed by atoms with Crippen LogP contribution in [0.4, 0.5) is 5.69 Å². The highest BCUT2D eigenvalue weighted by molar-refractivity contribution is 5.95. The topological polar surface area (TPSA) is 75.4 Å². The molecule has 27 heavy (non-hydrogen) atoms. The van der Waals surface area contributed by atoms with Gasteiger partial charge >= 0.3 is 0 Å². The van der Waals surface area contributed by atoms with Gasteiger partial charge in [-0.05, 0) is 43.0 Å². The zero-order valence-electron chi connectivity index (χ0n) is 15.6. The first kappa shape index (κ1) is 20.9. The molecule has 1 unspecified atom stereocenters. The van der Waals surface area contributed by atoms with Gasteiger partial charge in [0.15, 0.2) is 0 Å². The average Bonchev–Trinajstić information content (AvgIpc) is 3.45. The molecule has 0 bridgehead atoms. The molecule has 0 aliphatic heterocycles. The maximum atomic E-state index is 12.4. The van der Waals surface area contributed by atoms with Crippen molar-refractivity contribution in [1.82, 2.24) is 4.90 Å². The SMILES string of the molecule is CC(=O)N(Cc1ccc(NC(=O)C(N)c2ccc(C)cc2)cc1)C1CC1.Cl. The highest BCUT2D eigenvalue weighted by Gasteiger charge is 2.30. The summed E-state index contributed by atoms with van der Waals surface area (Å²) in [7, 11) is 0. The molecule has 3 rings (SSSR count). The van der Waals surface area contributed by atoms with Crippen LogP contribution >= 0.6 is 12.4 Å². The Morgan fingerprint density at radius 1 is 1.11 bits per heavy atom. The number of carbonyl (C=O) groups is 2. The number of benzene rings is 2. The third-order valence-electron chi connectivity index (χ3n) is 4.69. The smallest absolute Gasteiger partial charge is 0.245 e. The van der Waals surface area contributed by atoms with Gasteiger partial charge in [-0.25, -0.2) is 0 Å². The van der Waals surface area contributed by atoms with Gasteiger partial charge in [-0.2, -0.15) is 0 Å². The van der Waals surface area contributed by atoms with Crippen LogP contribution in [0.2, 0.25) is 0 Å². The molecule has 1 aliphatic rings. The van der Waals surface area contributed by atoms with Crippen LogP contribution in [0.1, 0.15) is 42.5 Å². The number of rotatable bonds is 6. The molecule has 1 fully saturated rings. The monoisotopic (exact) mass is 387 g/mol. The van der Waals surface area contributed by atoms with Crippen molar-refractivity contribution >= 4 is 29.9 Å². The van der Waals surface area contributed by atoms with E-state index in [0.29, 0.717) is 18.3 Å². The lowest BCUT2D eigenvalue weighted by molar-refractivity contribution is -0.130. The molecule has 0 spiro atoms. The molecule has 6 heteroatoms. The largest absolute Gasteiger partial charge is 0.336 e. The molecule has 2 aromatic carbocycles. The van der Waals surface area contributed by atoms with Gasteiger partial charge in [0.25, 0.3) is 0 Å². The summed E-state index contributed by atoms with van der Waals surface area (Å²) in [5.74, 6) is -0.140. The van der Waals surface area contributed by atoms with Crippen LogP contribution in [-0.4, -0.2) is 22.8 Å². The van der Waals surface area contributed by atoms with Crippen molar-refractivity contribution in [2.75, 3.05) is 5.32 Å². The Morgan fingerprint density at radius 3 is 2.22 bits per heavy atom. The Hall–Kier alpha value is -2.37. The van der Waals surface area contributed by atoms with Gasteiger partial charge in [-0.3, -0.25) is 9.59 Å². The van der Waals surface area contributed by atoms with E-state index in [0.717, 1.165) is 29.5 Å². The van der Waals surface area contributed by atoms with Crippen molar-refractivity contribution in [3.8, 4) is 0 Å². The highest BCUT2D eigenvalue weighted by Crippen LogP contribution is 2.28. The van der Waals surface area contributed by atoms with Crippen molar-refractivity contribution in [3.05, 3.63) is 65.2 Å². The van der Waals surface area contributed by atoms with E-state index in [-0.39, 0.29) is 24.2 Å². The third-order valence-corrected chi connectivity index (χ3v) is 4.69. The maximum absolute atomic E-state index is 12.4. The molecule has 1 aliphatic carbocycles. The molecule has 0 aromatic heterocycles. The number of nitrogens with two attached hydrogens (primary N) is 1. The van der Waals surface area contributed by atoms with Gasteiger partial charge in [-0.15, -0.1) is 12.4 Å². The minimum absolute atomic E-state index is 0. The van der Waals surface area contributed by atoms with E-state index < -0.39 is 6.04 Å². The number of aryl methyl sites for hydroxylation is 1. The second-order valence-corrected chi connectivity index (χ2v) is 6.95. The first-order valence-corrected chi connectivity index (χ1v) is 8.93. The predicted molar refractivity (Wildman–Crippen MR) is 110 cm³/mol. The molecule has 1 saturated carbocycles. The number of anilines is 1. The first-order chi connectivity index (χ1) is 12.4. The number of carbonyl (C=O) groups excluding carboxylic acids is 2. The van der Waals surface area contributed by atoms with Gasteiger partial charge in [0.1, 0.15) is 6.04 Å². The lowest BCUT2D eigenvalue weighted by Gasteiger charge is -2.20. The second-order valence-electron chi connectivity index (χ2n) is 6.95. The van der Waals surface area contributed by atoms with Gasteiger partial charge in [-0.1, -0.05) is 42.0 Å². The highest BCUT2D eigenvalue weighted by atomic mass is 35.5. The molecular weight excluding hydrogens is 362 g/mol. The minimum Gasteiger partial charge on any atom is -0.336 e. The quantitative estimate of drug-likeness (QED) is 0.795. The lowest BCUT2D eigenvalue weighted by Crippen LogP contribution is -2.30. The van der Waals surface area contributed by atoms with Gasteiger partial charge in [0.05, 0.1) is 0 Å². The molecule has 1 atom stereocenters. The number of amides is 2. The maximum Gasteiger partial charge on any atom is 0.245 e. The Bertz CT molecular complexity index is 786. The molecule has 0 heterocycles. The standard InChI is InChI=1S/C21H25N3O2.ClH/c1-14-3-7-17(8-4-14)20(22)21(26)23-18-9-5-16(6-10-18)13-24(15(2)25)19-11-12-19;/h3-10,19-20H,11-13,22H2,1-2H3,(H,23,26);1H. The van der Waals surface area contributed by atoms with Crippen LogP contribution in [-0.2, 0) is 16.1 Å². The van der Waals surface area contributed by atoms with Crippen LogP contribution in [0.5, 0.6) is 0 Å². The number of halogens is 1. The number of hydrogen-bond acceptors (Lipinski definition) is 3. The molecule has 2 aromatic rings. The van der Waals surface area contributed by atoms with E-state index in [9.17, 15) is 9.59 Å². The summed E-state index contributed by atoms with van der Waals surface area (Å²) >= 11 is 0. The van der Waals surface area contributed by atoms with Crippen molar-refractivity contribution in [2.45, 2.75) is 45.3 Å². The van der Waals surface area contributed by atoms with Crippen LogP contribution in [0.3, 0.4) is 0 Å². The zero-order chi connectivity index (χ0) is 18.7. The van der Waals surface area contributed by atoms with Gasteiger partial charge < -0.3 is 16.0 Å². The Labute approximate surface area is 166 Å². The molecule has 0 saturated heterocycles. The normalized spacial score (nSPS) is 14.0. The van der Waals surface area contributed by atoms with E-state index in [2.05, 4.69) is 5.32 Å². The molecule has 2 amide bonds. The van der Waals surface area contributed by atoms with E-state index in [4.69, 9.17) is 5.73 Å². The summed E-state index contributed by atoms with van der Waals surface area (Å²) in [5, 5.41) is 2.85. The fourth-order valence-electron chi connectivity index (χ4n) is 2.92. The fourth-order valence-corrected chi connectivity index (χ4v) is 2.92. The first-order valence-electron chi connectivity index (χ1n) is 8.93. The van der Waals surface area contributed by atoms with Crippen molar-refractivity contribution in [2.24, 2.45) is 5.73 Å². The predicted octanol–water partition coefficient (Wildman–Crippen LogP) is 3.57. The molecule has 5 nitrogen and oxygen atoms in total. The van der Waals surface area contributed by atoms with E-state index >= 15 is 0 Å². The van der Waals surface area contributed by atoms with Crippen LogP contribution in [0.15, 0.2) is 48.5 Å². The number of hydrogen-bond donors (Lipinski definition) is 2. The van der Waals surface area contributed by atoms with E-state index in [1.54, 1.807) is 6.92 Å². The summed E-state index contributed by atoms with van der Waals surface area (Å²) in [6.07, 6.45) is 2.18. The van der Waals surface area contributed by atoms with E-state index in [1.165, 1.54) is 0 Å². The van der Waals surface area contributed by atoms with Crippen molar-refractivity contribution in [1.29, 1.82) is 0 Å². The summed E-state index contributed by atoms with van der Waals surface area (Å²) in [6.45, 7) is 4.21. The van der Waals surface area contributed by atoms with Crippen LogP contribution in [0.25, 0.3) is 0 Å². The third kappa shape index (κ3) is 5.55. The average molecular weight is 388 g/mol. The molecular formula is C21H26ClN3O2. The summed E-state index contributed by atoms with van der Waals surface area (Å²) in [4.78, 5) is 26.0. The van der Waals surface area contributed by atoms with Crippen molar-refractivity contribution in [3.63, 3.8) is 0 Å². The van der Waals surface area contributed by atoms with Crippen LogP contribution in [0, 0.1) is 6.92 Å². The fraction of sp³-hybridized carbons (Fsp3) is 0.333. The van der Waals surface area contributed by atoms with Gasteiger partial charge in [0, 0.05) is 25.2 Å². The summed E-state index contributed by atoms with van der Waals surface area (Å²) in [5.41, 5.74) is 9.71. The molecule has 0 radical (unpaired) electrons. The molecule has 3 N–H and O–H groups in total. The minimum atomic E-state index is -0.710. The Balaban J connectivity index is 0.00000261. The zero-order valence-corrected chi connectivity index (χ0v) is 16.5. The summed E-state index contributed by atoms with van der Waals surface area (Å²) in [6, 6.07) is 14.9. The lowest BCUT2D eigenvalue weighted by atomic mass is 10.1. The Kier molecular flexibility index (Phi) is 6.99. The Morgan fingerprint density at radius 2 is 1.70 bits per heavy atom. The second kappa shape index (κ2) is 9.02. The van der Waals surface area contributed by atoms with Gasteiger partial charge in [0.2, 0.25) is 11.8 Å². The number of nitrogens with one attached hydrogen (secondary N) is 1. The molecule has 144 valence electrons. The van der Waals surface area contributed by atoms with E-state index in [1.807, 2.05) is 60.4 Å². The summed E-state index contributed by atoms with van der Waals surface area (Å²) < 4.78 is 0. The van der Waals surface area contributed by atoms with Crippen molar-refractivity contribution < 1.29 is 9.59 Å².